The van der Waals surface area contributed by atoms with Crippen molar-refractivity contribution in [1.29, 1.82) is 0 Å². The number of nitrogens with zero attached hydrogens (tertiary/aromatic N) is 5. The topological polar surface area (TPSA) is 123 Å². The summed E-state index contributed by atoms with van der Waals surface area (Å²) in [6, 6.07) is 19.0. The van der Waals surface area contributed by atoms with Crippen LogP contribution in [-0.4, -0.2) is 51.8 Å². The molecule has 170 valence electrons. The van der Waals surface area contributed by atoms with Crippen LogP contribution in [0.15, 0.2) is 66.7 Å². The molecule has 0 atom stereocenters. The van der Waals surface area contributed by atoms with Gasteiger partial charge in [0, 0.05) is 49.1 Å². The molecule has 2 heterocycles. The van der Waals surface area contributed by atoms with Crippen LogP contribution in [0, 0.1) is 20.2 Å². The zero-order valence-corrected chi connectivity index (χ0v) is 18.0. The molecule has 0 spiro atoms. The van der Waals surface area contributed by atoms with Crippen molar-refractivity contribution in [2.75, 3.05) is 31.1 Å². The number of carbonyl (C=O) groups is 1. The Morgan fingerprint density at radius 1 is 0.765 bits per heavy atom. The predicted octanol–water partition coefficient (Wildman–Crippen LogP) is 4.17. The zero-order valence-electron chi connectivity index (χ0n) is 18.0. The van der Waals surface area contributed by atoms with Gasteiger partial charge in [0.25, 0.3) is 17.3 Å². The summed E-state index contributed by atoms with van der Waals surface area (Å²) in [5, 5.41) is 25.5. The molecule has 1 aromatic heterocycles. The Morgan fingerprint density at radius 2 is 1.32 bits per heavy atom. The highest BCUT2D eigenvalue weighted by molar-refractivity contribution is 6.10. The monoisotopic (exact) mass is 457 g/mol. The standard InChI is InChI=1S/C24H19N5O5/c30-24(16-13-17(28(31)32)15-18(14-16)29(33)34)27-11-9-26(10-12-27)23-21-7-2-1-5-19(21)20-6-3-4-8-22(20)25-23/h1-8,13-15H,9-12H2. The maximum Gasteiger partial charge on any atom is 0.277 e. The van der Waals surface area contributed by atoms with Gasteiger partial charge in [-0.1, -0.05) is 42.5 Å². The maximum atomic E-state index is 13.0. The van der Waals surface area contributed by atoms with Crippen LogP contribution in [-0.2, 0) is 0 Å². The lowest BCUT2D eigenvalue weighted by Crippen LogP contribution is -2.49. The number of nitro benzene ring substituents is 2. The number of amides is 1. The van der Waals surface area contributed by atoms with Crippen molar-refractivity contribution < 1.29 is 14.6 Å². The van der Waals surface area contributed by atoms with E-state index in [1.54, 1.807) is 4.90 Å². The van der Waals surface area contributed by atoms with Crippen molar-refractivity contribution in [1.82, 2.24) is 9.88 Å². The van der Waals surface area contributed by atoms with E-state index in [9.17, 15) is 25.0 Å². The number of anilines is 1. The molecule has 10 heteroatoms. The number of hydrogen-bond donors (Lipinski definition) is 0. The van der Waals surface area contributed by atoms with Crippen LogP contribution >= 0.6 is 0 Å². The Hall–Kier alpha value is -4.60. The first-order chi connectivity index (χ1) is 16.4. The molecule has 0 bridgehead atoms. The van der Waals surface area contributed by atoms with Crippen LogP contribution in [0.4, 0.5) is 17.2 Å². The molecule has 0 unspecified atom stereocenters. The summed E-state index contributed by atoms with van der Waals surface area (Å²) in [5.74, 6) is 0.371. The molecule has 5 rings (SSSR count). The first-order valence-corrected chi connectivity index (χ1v) is 10.7. The van der Waals surface area contributed by atoms with E-state index < -0.39 is 27.1 Å². The van der Waals surface area contributed by atoms with Crippen molar-refractivity contribution in [2.45, 2.75) is 0 Å². The van der Waals surface area contributed by atoms with Gasteiger partial charge in [-0.3, -0.25) is 25.0 Å². The van der Waals surface area contributed by atoms with Gasteiger partial charge < -0.3 is 9.80 Å². The third-order valence-electron chi connectivity index (χ3n) is 6.03. The minimum atomic E-state index is -0.738. The first-order valence-electron chi connectivity index (χ1n) is 10.7. The second kappa shape index (κ2) is 8.39. The van der Waals surface area contributed by atoms with E-state index >= 15 is 0 Å². The van der Waals surface area contributed by atoms with Crippen molar-refractivity contribution in [2.24, 2.45) is 0 Å². The number of nitro groups is 2. The predicted molar refractivity (Wildman–Crippen MR) is 127 cm³/mol. The van der Waals surface area contributed by atoms with Crippen molar-refractivity contribution >= 4 is 44.8 Å². The van der Waals surface area contributed by atoms with Crippen LogP contribution in [0.2, 0.25) is 0 Å². The number of benzene rings is 3. The molecule has 10 nitrogen and oxygen atoms in total. The lowest BCUT2D eigenvalue weighted by molar-refractivity contribution is -0.394. The molecule has 34 heavy (non-hydrogen) atoms. The summed E-state index contributed by atoms with van der Waals surface area (Å²) < 4.78 is 0. The average Bonchev–Trinajstić information content (AvgIpc) is 2.87. The third-order valence-corrected chi connectivity index (χ3v) is 6.03. The molecule has 0 N–H and O–H groups in total. The number of pyridine rings is 1. The molecule has 0 saturated carbocycles. The maximum absolute atomic E-state index is 13.0. The number of fused-ring (bicyclic) bond motifs is 3. The van der Waals surface area contributed by atoms with Gasteiger partial charge in [-0.15, -0.1) is 0 Å². The molecule has 3 aromatic carbocycles. The minimum Gasteiger partial charge on any atom is -0.353 e. The molecule has 1 aliphatic rings. The van der Waals surface area contributed by atoms with E-state index in [-0.39, 0.29) is 5.56 Å². The van der Waals surface area contributed by atoms with Gasteiger partial charge in [-0.05, 0) is 11.5 Å². The van der Waals surface area contributed by atoms with Crippen molar-refractivity contribution in [3.8, 4) is 0 Å². The van der Waals surface area contributed by atoms with Gasteiger partial charge in [-0.2, -0.15) is 0 Å². The van der Waals surface area contributed by atoms with Gasteiger partial charge in [0.05, 0.1) is 27.0 Å². The van der Waals surface area contributed by atoms with E-state index in [4.69, 9.17) is 4.98 Å². The molecule has 1 aliphatic heterocycles. The Kier molecular flexibility index (Phi) is 5.25. The van der Waals surface area contributed by atoms with Crippen molar-refractivity contribution in [3.63, 3.8) is 0 Å². The van der Waals surface area contributed by atoms with E-state index in [0.29, 0.717) is 26.2 Å². The molecule has 1 fully saturated rings. The Morgan fingerprint density at radius 3 is 1.94 bits per heavy atom. The van der Waals surface area contributed by atoms with E-state index in [0.717, 1.165) is 45.7 Å². The summed E-state index contributed by atoms with van der Waals surface area (Å²) in [5.41, 5.74) is -0.145. The fraction of sp³-hybridized carbons (Fsp3) is 0.167. The number of non-ortho nitro benzene ring substituents is 2. The number of piperazine rings is 1. The van der Waals surface area contributed by atoms with Gasteiger partial charge in [0.15, 0.2) is 0 Å². The third kappa shape index (κ3) is 3.75. The van der Waals surface area contributed by atoms with Gasteiger partial charge >= 0.3 is 0 Å². The number of para-hydroxylation sites is 1. The Bertz CT molecular complexity index is 1430. The largest absolute Gasteiger partial charge is 0.353 e. The zero-order chi connectivity index (χ0) is 23.8. The SMILES string of the molecule is O=C(c1cc([N+](=O)[O-])cc([N+](=O)[O-])c1)N1CCN(c2nc3ccccc3c3ccccc23)CC1. The van der Waals surface area contributed by atoms with E-state index in [1.807, 2.05) is 42.5 Å². The average molecular weight is 457 g/mol. The highest BCUT2D eigenvalue weighted by Crippen LogP contribution is 2.32. The molecule has 1 saturated heterocycles. The van der Waals surface area contributed by atoms with Gasteiger partial charge in [-0.25, -0.2) is 4.98 Å². The summed E-state index contributed by atoms with van der Waals surface area (Å²) in [6.07, 6.45) is 0. The molecular formula is C24H19N5O5. The van der Waals surface area contributed by atoms with Crippen molar-refractivity contribution in [3.05, 3.63) is 92.5 Å². The number of carbonyl (C=O) groups excluding carboxylic acids is 1. The fourth-order valence-electron chi connectivity index (χ4n) is 4.36. The smallest absolute Gasteiger partial charge is 0.277 e. The molecule has 1 amide bonds. The lowest BCUT2D eigenvalue weighted by Gasteiger charge is -2.36. The highest BCUT2D eigenvalue weighted by atomic mass is 16.6. The number of hydrogen-bond acceptors (Lipinski definition) is 7. The summed E-state index contributed by atoms with van der Waals surface area (Å²) in [6.45, 7) is 1.74. The van der Waals surface area contributed by atoms with Gasteiger partial charge in [0.2, 0.25) is 0 Å². The quantitative estimate of drug-likeness (QED) is 0.256. The normalized spacial score (nSPS) is 13.9. The van der Waals surface area contributed by atoms with E-state index in [1.165, 1.54) is 0 Å². The molecule has 0 aliphatic carbocycles. The summed E-state index contributed by atoms with van der Waals surface area (Å²) in [4.78, 5) is 42.5. The lowest BCUT2D eigenvalue weighted by atomic mass is 10.1. The van der Waals surface area contributed by atoms with Crippen LogP contribution in [0.1, 0.15) is 10.4 Å². The van der Waals surface area contributed by atoms with E-state index in [2.05, 4.69) is 11.0 Å². The molecule has 0 radical (unpaired) electrons. The van der Waals surface area contributed by atoms with Crippen LogP contribution in [0.25, 0.3) is 21.7 Å². The molecular weight excluding hydrogens is 438 g/mol. The Labute approximate surface area is 193 Å². The summed E-state index contributed by atoms with van der Waals surface area (Å²) in [7, 11) is 0. The van der Waals surface area contributed by atoms with Gasteiger partial charge in [0.1, 0.15) is 5.82 Å². The highest BCUT2D eigenvalue weighted by Gasteiger charge is 2.27. The van der Waals surface area contributed by atoms with Crippen LogP contribution < -0.4 is 4.90 Å². The second-order valence-corrected chi connectivity index (χ2v) is 8.03. The fourth-order valence-corrected chi connectivity index (χ4v) is 4.36. The number of rotatable bonds is 4. The Balaban J connectivity index is 1.41. The van der Waals surface area contributed by atoms with Crippen LogP contribution in [0.3, 0.4) is 0 Å². The summed E-state index contributed by atoms with van der Waals surface area (Å²) >= 11 is 0. The van der Waals surface area contributed by atoms with Crippen LogP contribution in [0.5, 0.6) is 0 Å². The number of aromatic nitrogens is 1. The second-order valence-electron chi connectivity index (χ2n) is 8.03. The minimum absolute atomic E-state index is 0.0661. The molecule has 4 aromatic rings. The first kappa shape index (κ1) is 21.3.